The number of nitrogens with zero attached hydrogens (tertiary/aromatic N) is 2. The van der Waals surface area contributed by atoms with Gasteiger partial charge in [-0.2, -0.15) is 5.10 Å². The lowest BCUT2D eigenvalue weighted by Gasteiger charge is -2.08. The van der Waals surface area contributed by atoms with Crippen LogP contribution in [0.3, 0.4) is 0 Å². The lowest BCUT2D eigenvalue weighted by Crippen LogP contribution is -2.04. The first-order valence-corrected chi connectivity index (χ1v) is 6.63. The molecule has 0 unspecified atom stereocenters. The van der Waals surface area contributed by atoms with Crippen LogP contribution in [0.1, 0.15) is 31.7 Å². The lowest BCUT2D eigenvalue weighted by molar-refractivity contribution is 0.465. The van der Waals surface area contributed by atoms with Gasteiger partial charge in [-0.3, -0.25) is 4.68 Å². The Kier molecular flexibility index (Phi) is 2.70. The van der Waals surface area contributed by atoms with Crippen molar-refractivity contribution in [1.82, 2.24) is 9.78 Å². The largest absolute Gasteiger partial charge is 0.448 e. The van der Waals surface area contributed by atoms with Gasteiger partial charge in [-0.05, 0) is 40.9 Å². The number of anilines is 1. The molecule has 0 radical (unpaired) electrons. The summed E-state index contributed by atoms with van der Waals surface area (Å²) in [5.41, 5.74) is 7.41. The van der Waals surface area contributed by atoms with Gasteiger partial charge >= 0.3 is 0 Å². The fourth-order valence-electron chi connectivity index (χ4n) is 2.39. The molecule has 2 aromatic heterocycles. The molecule has 2 aromatic rings. The molecule has 2 heterocycles. The quantitative estimate of drug-likeness (QED) is 0.921. The van der Waals surface area contributed by atoms with E-state index in [-0.39, 0.29) is 0 Å². The van der Waals surface area contributed by atoms with Crippen molar-refractivity contribution in [2.45, 2.75) is 31.7 Å². The van der Waals surface area contributed by atoms with Crippen LogP contribution in [-0.4, -0.2) is 9.78 Å². The van der Waals surface area contributed by atoms with Crippen molar-refractivity contribution >= 4 is 21.6 Å². The van der Waals surface area contributed by atoms with E-state index in [0.29, 0.717) is 22.2 Å². The molecule has 0 bridgehead atoms. The van der Waals surface area contributed by atoms with Gasteiger partial charge < -0.3 is 10.2 Å². The van der Waals surface area contributed by atoms with Gasteiger partial charge in [0.25, 0.3) is 0 Å². The minimum absolute atomic E-state index is 0.504. The first-order chi connectivity index (χ1) is 8.24. The third-order valence-corrected chi connectivity index (χ3v) is 3.69. The average molecular weight is 296 g/mol. The molecule has 1 aliphatic carbocycles. The second-order valence-electron chi connectivity index (χ2n) is 4.46. The average Bonchev–Trinajstić information content (AvgIpc) is 2.97. The summed E-state index contributed by atoms with van der Waals surface area (Å²) in [5, 5.41) is 4.55. The molecule has 5 heteroatoms. The van der Waals surface area contributed by atoms with Gasteiger partial charge in [-0.25, -0.2) is 0 Å². The molecule has 1 aliphatic rings. The molecule has 2 N–H and O–H groups in total. The summed E-state index contributed by atoms with van der Waals surface area (Å²) in [6.45, 7) is 0. The molecule has 1 saturated carbocycles. The monoisotopic (exact) mass is 295 g/mol. The van der Waals surface area contributed by atoms with Crippen molar-refractivity contribution in [2.75, 3.05) is 5.73 Å². The van der Waals surface area contributed by atoms with Crippen molar-refractivity contribution in [2.24, 2.45) is 0 Å². The van der Waals surface area contributed by atoms with E-state index in [1.807, 2.05) is 23.0 Å². The van der Waals surface area contributed by atoms with E-state index in [4.69, 9.17) is 10.2 Å². The Balaban J connectivity index is 1.95. The number of aromatic nitrogens is 2. The Morgan fingerprint density at radius 1 is 1.35 bits per heavy atom. The number of hydrogen-bond acceptors (Lipinski definition) is 3. The molecule has 4 nitrogen and oxygen atoms in total. The molecule has 0 amide bonds. The molecule has 0 aromatic carbocycles. The van der Waals surface area contributed by atoms with Gasteiger partial charge in [0.1, 0.15) is 0 Å². The molecule has 0 aliphatic heterocycles. The molecule has 17 heavy (non-hydrogen) atoms. The first-order valence-electron chi connectivity index (χ1n) is 5.84. The van der Waals surface area contributed by atoms with Gasteiger partial charge in [-0.15, -0.1) is 0 Å². The maximum atomic E-state index is 5.99. The normalized spacial score (nSPS) is 16.8. The molecular formula is C12H14BrN3O. The van der Waals surface area contributed by atoms with Crippen LogP contribution in [-0.2, 0) is 0 Å². The molecule has 0 saturated heterocycles. The van der Waals surface area contributed by atoms with Crippen LogP contribution in [0.15, 0.2) is 27.4 Å². The lowest BCUT2D eigenvalue weighted by atomic mass is 10.2. The molecule has 90 valence electrons. The van der Waals surface area contributed by atoms with Crippen LogP contribution < -0.4 is 5.73 Å². The Bertz CT molecular complexity index is 526. The number of nitrogen functional groups attached to an aromatic ring is 1. The van der Waals surface area contributed by atoms with Gasteiger partial charge in [0.05, 0.1) is 11.7 Å². The maximum Gasteiger partial charge on any atom is 0.169 e. The Morgan fingerprint density at radius 3 is 2.76 bits per heavy atom. The highest BCUT2D eigenvalue weighted by molar-refractivity contribution is 9.10. The van der Waals surface area contributed by atoms with Gasteiger partial charge in [-0.1, -0.05) is 12.8 Å². The Hall–Kier alpha value is -1.23. The van der Waals surface area contributed by atoms with Gasteiger partial charge in [0.15, 0.2) is 16.1 Å². The molecule has 0 spiro atoms. The van der Waals surface area contributed by atoms with Crippen LogP contribution in [0.2, 0.25) is 0 Å². The van der Waals surface area contributed by atoms with Crippen molar-refractivity contribution in [3.63, 3.8) is 0 Å². The minimum atomic E-state index is 0.504. The molecule has 0 atom stereocenters. The summed E-state index contributed by atoms with van der Waals surface area (Å²) in [4.78, 5) is 0. The van der Waals surface area contributed by atoms with E-state index in [0.717, 1.165) is 5.69 Å². The molecule has 1 fully saturated rings. The number of halogens is 1. The standard InChI is InChI=1S/C12H14BrN3O/c13-11-6-5-10(17-11)12-9(14)7-16(15-12)8-3-1-2-4-8/h5-8H,1-4,14H2. The predicted octanol–water partition coefficient (Wildman–Crippen LogP) is 3.60. The zero-order valence-electron chi connectivity index (χ0n) is 9.40. The summed E-state index contributed by atoms with van der Waals surface area (Å²) < 4.78 is 8.18. The van der Waals surface area contributed by atoms with E-state index in [1.165, 1.54) is 25.7 Å². The zero-order chi connectivity index (χ0) is 11.8. The van der Waals surface area contributed by atoms with Gasteiger partial charge in [0.2, 0.25) is 0 Å². The fraction of sp³-hybridized carbons (Fsp3) is 0.417. The fourth-order valence-corrected chi connectivity index (χ4v) is 2.70. The number of rotatable bonds is 2. The van der Waals surface area contributed by atoms with E-state index in [9.17, 15) is 0 Å². The van der Waals surface area contributed by atoms with E-state index < -0.39 is 0 Å². The van der Waals surface area contributed by atoms with Crippen LogP contribution in [0.25, 0.3) is 11.5 Å². The van der Waals surface area contributed by atoms with Crippen molar-refractivity contribution in [3.8, 4) is 11.5 Å². The second-order valence-corrected chi connectivity index (χ2v) is 5.24. The molecular weight excluding hydrogens is 282 g/mol. The predicted molar refractivity (Wildman–Crippen MR) is 69.5 cm³/mol. The highest BCUT2D eigenvalue weighted by atomic mass is 79.9. The van der Waals surface area contributed by atoms with Crippen LogP contribution in [0, 0.1) is 0 Å². The highest BCUT2D eigenvalue weighted by Gasteiger charge is 2.20. The van der Waals surface area contributed by atoms with Crippen LogP contribution >= 0.6 is 15.9 Å². The highest BCUT2D eigenvalue weighted by Crippen LogP contribution is 2.33. The smallest absolute Gasteiger partial charge is 0.169 e. The van der Waals surface area contributed by atoms with E-state index in [1.54, 1.807) is 0 Å². The second kappa shape index (κ2) is 4.22. The summed E-state index contributed by atoms with van der Waals surface area (Å²) in [5.74, 6) is 0.714. The van der Waals surface area contributed by atoms with Crippen molar-refractivity contribution < 1.29 is 4.42 Å². The number of furan rings is 1. The zero-order valence-corrected chi connectivity index (χ0v) is 11.0. The van der Waals surface area contributed by atoms with Crippen molar-refractivity contribution in [1.29, 1.82) is 0 Å². The van der Waals surface area contributed by atoms with Gasteiger partial charge in [0, 0.05) is 6.20 Å². The van der Waals surface area contributed by atoms with Crippen LogP contribution in [0.4, 0.5) is 5.69 Å². The number of hydrogen-bond donors (Lipinski definition) is 1. The Labute approximate surface area is 108 Å². The Morgan fingerprint density at radius 2 is 2.12 bits per heavy atom. The van der Waals surface area contributed by atoms with E-state index >= 15 is 0 Å². The topological polar surface area (TPSA) is 57.0 Å². The van der Waals surface area contributed by atoms with E-state index in [2.05, 4.69) is 21.0 Å². The maximum absolute atomic E-state index is 5.99. The SMILES string of the molecule is Nc1cn(C2CCCC2)nc1-c1ccc(Br)o1. The summed E-state index contributed by atoms with van der Waals surface area (Å²) in [6.07, 6.45) is 6.88. The third-order valence-electron chi connectivity index (χ3n) is 3.27. The minimum Gasteiger partial charge on any atom is -0.448 e. The summed E-state index contributed by atoms with van der Waals surface area (Å²) in [6, 6.07) is 4.23. The van der Waals surface area contributed by atoms with Crippen molar-refractivity contribution in [3.05, 3.63) is 23.0 Å². The third kappa shape index (κ3) is 1.99. The summed E-state index contributed by atoms with van der Waals surface area (Å²) >= 11 is 3.28. The van der Waals surface area contributed by atoms with Crippen LogP contribution in [0.5, 0.6) is 0 Å². The molecule has 3 rings (SSSR count). The first kappa shape index (κ1) is 10.9. The number of nitrogens with two attached hydrogens (primary N) is 1. The summed E-state index contributed by atoms with van der Waals surface area (Å²) in [7, 11) is 0.